The Labute approximate surface area is 121 Å². The molecule has 0 saturated heterocycles. The van der Waals surface area contributed by atoms with Gasteiger partial charge in [0.2, 0.25) is 10.0 Å². The fourth-order valence-electron chi connectivity index (χ4n) is 2.21. The Hall–Kier alpha value is -2.13. The minimum atomic E-state index is -3.86. The van der Waals surface area contributed by atoms with E-state index in [1.54, 1.807) is 13.1 Å². The standard InChI is InChI=1S/C12H16N4O4S/c1-6-9(12(17)18)15-7(2)10(6)21(19,20)16-8(3)11-13-4-5-14-11/h4-5,8,15-16H,1-3H3,(H,13,14)(H,17,18). The molecule has 0 aliphatic heterocycles. The van der Waals surface area contributed by atoms with Gasteiger partial charge in [-0.15, -0.1) is 0 Å². The van der Waals surface area contributed by atoms with Crippen LogP contribution in [-0.4, -0.2) is 34.4 Å². The Morgan fingerprint density at radius 2 is 2.10 bits per heavy atom. The van der Waals surface area contributed by atoms with Crippen LogP contribution in [0.1, 0.15) is 40.5 Å². The molecule has 2 heterocycles. The van der Waals surface area contributed by atoms with Crippen molar-refractivity contribution in [2.75, 3.05) is 0 Å². The predicted octanol–water partition coefficient (Wildman–Crippen LogP) is 1.09. The average molecular weight is 312 g/mol. The molecule has 0 aliphatic rings. The van der Waals surface area contributed by atoms with Crippen molar-refractivity contribution in [3.8, 4) is 0 Å². The molecule has 2 aromatic rings. The molecule has 0 radical (unpaired) electrons. The summed E-state index contributed by atoms with van der Waals surface area (Å²) in [6.07, 6.45) is 3.12. The maximum atomic E-state index is 12.4. The first kappa shape index (κ1) is 15.3. The van der Waals surface area contributed by atoms with E-state index < -0.39 is 22.0 Å². The van der Waals surface area contributed by atoms with Crippen LogP contribution in [0.4, 0.5) is 0 Å². The molecule has 1 atom stereocenters. The summed E-state index contributed by atoms with van der Waals surface area (Å²) in [6, 6.07) is -0.563. The number of H-pyrrole nitrogens is 2. The van der Waals surface area contributed by atoms with Crippen molar-refractivity contribution in [3.63, 3.8) is 0 Å². The Kier molecular flexibility index (Phi) is 3.88. The molecule has 0 aliphatic carbocycles. The van der Waals surface area contributed by atoms with E-state index in [2.05, 4.69) is 19.7 Å². The summed E-state index contributed by atoms with van der Waals surface area (Å²) in [5.74, 6) is -0.723. The number of aromatic nitrogens is 3. The highest BCUT2D eigenvalue weighted by molar-refractivity contribution is 7.89. The Morgan fingerprint density at radius 1 is 1.43 bits per heavy atom. The van der Waals surface area contributed by atoms with E-state index in [1.165, 1.54) is 20.0 Å². The van der Waals surface area contributed by atoms with E-state index in [0.717, 1.165) is 0 Å². The molecule has 4 N–H and O–H groups in total. The average Bonchev–Trinajstić information content (AvgIpc) is 2.96. The SMILES string of the molecule is Cc1[nH]c(C(=O)O)c(C)c1S(=O)(=O)NC(C)c1ncc[nH]1. The van der Waals surface area contributed by atoms with Crippen molar-refractivity contribution in [2.45, 2.75) is 31.7 Å². The zero-order chi connectivity index (χ0) is 15.8. The minimum Gasteiger partial charge on any atom is -0.477 e. The zero-order valence-corrected chi connectivity index (χ0v) is 12.6. The van der Waals surface area contributed by atoms with Gasteiger partial charge in [0, 0.05) is 23.7 Å². The van der Waals surface area contributed by atoms with Gasteiger partial charge in [-0.3, -0.25) is 0 Å². The van der Waals surface area contributed by atoms with E-state index >= 15 is 0 Å². The van der Waals surface area contributed by atoms with Gasteiger partial charge in [0.25, 0.3) is 0 Å². The van der Waals surface area contributed by atoms with Gasteiger partial charge in [0.1, 0.15) is 16.4 Å². The summed E-state index contributed by atoms with van der Waals surface area (Å²) in [6.45, 7) is 4.62. The second-order valence-corrected chi connectivity index (χ2v) is 6.35. The first-order chi connectivity index (χ1) is 9.74. The summed E-state index contributed by atoms with van der Waals surface area (Å²) < 4.78 is 27.4. The summed E-state index contributed by atoms with van der Waals surface area (Å²) in [5, 5.41) is 9.04. The fraction of sp³-hybridized carbons (Fsp3) is 0.333. The summed E-state index contributed by atoms with van der Waals surface area (Å²) in [4.78, 5) is 20.4. The van der Waals surface area contributed by atoms with Crippen molar-refractivity contribution in [1.29, 1.82) is 0 Å². The summed E-state index contributed by atoms with van der Waals surface area (Å²) in [5.41, 5.74) is 0.335. The Bertz CT molecular complexity index is 762. The maximum absolute atomic E-state index is 12.4. The van der Waals surface area contributed by atoms with Gasteiger partial charge in [-0.25, -0.2) is 22.9 Å². The highest BCUT2D eigenvalue weighted by Gasteiger charge is 2.28. The largest absolute Gasteiger partial charge is 0.477 e. The second-order valence-electron chi connectivity index (χ2n) is 4.70. The van der Waals surface area contributed by atoms with Crippen LogP contribution in [0.15, 0.2) is 17.3 Å². The lowest BCUT2D eigenvalue weighted by atomic mass is 10.2. The molecule has 114 valence electrons. The second kappa shape index (κ2) is 5.34. The van der Waals surface area contributed by atoms with E-state index in [-0.39, 0.29) is 21.8 Å². The lowest BCUT2D eigenvalue weighted by molar-refractivity contribution is 0.0690. The van der Waals surface area contributed by atoms with Crippen LogP contribution in [0, 0.1) is 13.8 Å². The predicted molar refractivity (Wildman–Crippen MR) is 74.6 cm³/mol. The van der Waals surface area contributed by atoms with E-state index in [4.69, 9.17) is 5.11 Å². The molecule has 9 heteroatoms. The van der Waals surface area contributed by atoms with E-state index in [0.29, 0.717) is 5.82 Å². The first-order valence-corrected chi connectivity index (χ1v) is 7.66. The smallest absolute Gasteiger partial charge is 0.352 e. The van der Waals surface area contributed by atoms with Crippen molar-refractivity contribution < 1.29 is 18.3 Å². The number of carboxylic acids is 1. The number of carboxylic acid groups (broad SMARTS) is 1. The number of aryl methyl sites for hydroxylation is 1. The number of imidazole rings is 1. The Balaban J connectivity index is 2.39. The number of hydrogen-bond donors (Lipinski definition) is 4. The molecule has 1 unspecified atom stereocenters. The number of sulfonamides is 1. The molecule has 2 aromatic heterocycles. The number of aromatic carboxylic acids is 1. The van der Waals surface area contributed by atoms with Gasteiger partial charge in [0.05, 0.1) is 6.04 Å². The van der Waals surface area contributed by atoms with Gasteiger partial charge in [-0.1, -0.05) is 0 Å². The molecule has 21 heavy (non-hydrogen) atoms. The highest BCUT2D eigenvalue weighted by Crippen LogP contribution is 2.24. The third kappa shape index (κ3) is 2.83. The Morgan fingerprint density at radius 3 is 2.57 bits per heavy atom. The third-order valence-electron chi connectivity index (χ3n) is 3.11. The van der Waals surface area contributed by atoms with Gasteiger partial charge >= 0.3 is 5.97 Å². The minimum absolute atomic E-state index is 0.0432. The molecule has 2 rings (SSSR count). The molecule has 0 fully saturated rings. The summed E-state index contributed by atoms with van der Waals surface area (Å²) in [7, 11) is -3.86. The van der Waals surface area contributed by atoms with E-state index in [1.807, 2.05) is 0 Å². The molecule has 8 nitrogen and oxygen atoms in total. The van der Waals surface area contributed by atoms with Crippen molar-refractivity contribution in [3.05, 3.63) is 35.2 Å². The molecule has 0 bridgehead atoms. The van der Waals surface area contributed by atoms with Gasteiger partial charge in [-0.2, -0.15) is 0 Å². The van der Waals surface area contributed by atoms with Crippen LogP contribution < -0.4 is 4.72 Å². The van der Waals surface area contributed by atoms with Crippen LogP contribution in [0.2, 0.25) is 0 Å². The van der Waals surface area contributed by atoms with Crippen LogP contribution >= 0.6 is 0 Å². The first-order valence-electron chi connectivity index (χ1n) is 6.18. The van der Waals surface area contributed by atoms with Crippen molar-refractivity contribution in [2.24, 2.45) is 0 Å². The van der Waals surface area contributed by atoms with Crippen LogP contribution in [0.25, 0.3) is 0 Å². The third-order valence-corrected chi connectivity index (χ3v) is 4.93. The monoisotopic (exact) mass is 312 g/mol. The number of rotatable bonds is 5. The fourth-order valence-corrected chi connectivity index (χ4v) is 3.87. The number of carbonyl (C=O) groups is 1. The molecular formula is C12H16N4O4S. The van der Waals surface area contributed by atoms with Crippen LogP contribution in [0.5, 0.6) is 0 Å². The van der Waals surface area contributed by atoms with Crippen LogP contribution in [0.3, 0.4) is 0 Å². The number of nitrogens with zero attached hydrogens (tertiary/aromatic N) is 1. The van der Waals surface area contributed by atoms with Gasteiger partial charge < -0.3 is 15.1 Å². The number of hydrogen-bond acceptors (Lipinski definition) is 4. The molecule has 0 saturated carbocycles. The molecular weight excluding hydrogens is 296 g/mol. The van der Waals surface area contributed by atoms with E-state index in [9.17, 15) is 13.2 Å². The number of aromatic amines is 2. The number of nitrogens with one attached hydrogen (secondary N) is 3. The topological polar surface area (TPSA) is 128 Å². The lowest BCUT2D eigenvalue weighted by Crippen LogP contribution is -2.28. The highest BCUT2D eigenvalue weighted by atomic mass is 32.2. The quantitative estimate of drug-likeness (QED) is 0.657. The van der Waals surface area contributed by atoms with Crippen LogP contribution in [-0.2, 0) is 10.0 Å². The van der Waals surface area contributed by atoms with Crippen molar-refractivity contribution in [1.82, 2.24) is 19.7 Å². The van der Waals surface area contributed by atoms with Gasteiger partial charge in [0.15, 0.2) is 0 Å². The van der Waals surface area contributed by atoms with Crippen molar-refractivity contribution >= 4 is 16.0 Å². The molecule has 0 amide bonds. The molecule has 0 spiro atoms. The summed E-state index contributed by atoms with van der Waals surface area (Å²) >= 11 is 0. The zero-order valence-electron chi connectivity index (χ0n) is 11.8. The maximum Gasteiger partial charge on any atom is 0.352 e. The van der Waals surface area contributed by atoms with Gasteiger partial charge in [-0.05, 0) is 20.8 Å². The molecule has 0 aromatic carbocycles. The normalized spacial score (nSPS) is 13.3. The lowest BCUT2D eigenvalue weighted by Gasteiger charge is -2.12.